The summed E-state index contributed by atoms with van der Waals surface area (Å²) in [6, 6.07) is 15.0. The van der Waals surface area contributed by atoms with Crippen molar-refractivity contribution in [3.8, 4) is 11.5 Å². The van der Waals surface area contributed by atoms with Crippen LogP contribution < -0.4 is 9.47 Å². The molecule has 0 aliphatic rings. The molecule has 0 radical (unpaired) electrons. The highest BCUT2D eigenvalue weighted by molar-refractivity contribution is 5.73. The van der Waals surface area contributed by atoms with Crippen LogP contribution in [0, 0.1) is 0 Å². The maximum atomic E-state index is 11.7. The van der Waals surface area contributed by atoms with Crippen LogP contribution in [0.5, 0.6) is 11.5 Å². The molecule has 0 bridgehead atoms. The van der Waals surface area contributed by atoms with E-state index < -0.39 is 12.1 Å². The second-order valence-corrected chi connectivity index (χ2v) is 5.88. The average Bonchev–Trinajstić information content (AvgIpc) is 2.56. The molecule has 0 spiro atoms. The topological polar surface area (TPSA) is 55.8 Å². The summed E-state index contributed by atoms with van der Waals surface area (Å²) < 4.78 is 11.4. The Bertz CT molecular complexity index is 679. The lowest BCUT2D eigenvalue weighted by Crippen LogP contribution is -2.30. The first-order chi connectivity index (χ1) is 11.5. The highest BCUT2D eigenvalue weighted by atomic mass is 16.5. The van der Waals surface area contributed by atoms with Gasteiger partial charge in [-0.15, -0.1) is 0 Å². The van der Waals surface area contributed by atoms with Gasteiger partial charge in [-0.1, -0.05) is 50.2 Å². The third-order valence-corrected chi connectivity index (χ3v) is 3.76. The van der Waals surface area contributed by atoms with Crippen LogP contribution in [0.4, 0.5) is 0 Å². The SMILES string of the molecule is CCOc1ccccc1CC(Oc1ccccc1C(C)C)C(=O)O. The largest absolute Gasteiger partial charge is 0.494 e. The Hall–Kier alpha value is -2.49. The minimum atomic E-state index is -0.986. The first kappa shape index (κ1) is 17.9. The van der Waals surface area contributed by atoms with Crippen LogP contribution in [0.3, 0.4) is 0 Å². The summed E-state index contributed by atoms with van der Waals surface area (Å²) in [6.45, 7) is 6.55. The predicted octanol–water partition coefficient (Wildman–Crippen LogP) is 4.28. The molecule has 1 unspecified atom stereocenters. The van der Waals surface area contributed by atoms with Gasteiger partial charge in [-0.3, -0.25) is 0 Å². The van der Waals surface area contributed by atoms with Gasteiger partial charge in [0.1, 0.15) is 11.5 Å². The Labute approximate surface area is 143 Å². The second-order valence-electron chi connectivity index (χ2n) is 5.88. The fraction of sp³-hybridized carbons (Fsp3) is 0.350. The molecule has 4 nitrogen and oxygen atoms in total. The Morgan fingerprint density at radius 3 is 2.29 bits per heavy atom. The summed E-state index contributed by atoms with van der Waals surface area (Å²) in [4.78, 5) is 11.7. The number of benzene rings is 2. The van der Waals surface area contributed by atoms with Crippen molar-refractivity contribution in [3.63, 3.8) is 0 Å². The molecular weight excluding hydrogens is 304 g/mol. The molecule has 2 rings (SSSR count). The standard InChI is InChI=1S/C20H24O4/c1-4-23-17-11-7-5-9-15(17)13-19(20(21)22)24-18-12-8-6-10-16(18)14(2)3/h5-12,14,19H,4,13H2,1-3H3,(H,21,22). The molecule has 2 aromatic carbocycles. The van der Waals surface area contributed by atoms with Gasteiger partial charge in [0.25, 0.3) is 0 Å². The van der Waals surface area contributed by atoms with Crippen molar-refractivity contribution < 1.29 is 19.4 Å². The number of ether oxygens (including phenoxy) is 2. The van der Waals surface area contributed by atoms with E-state index in [1.807, 2.05) is 55.5 Å². The lowest BCUT2D eigenvalue weighted by Gasteiger charge is -2.20. The second kappa shape index (κ2) is 8.39. The highest BCUT2D eigenvalue weighted by Crippen LogP contribution is 2.28. The van der Waals surface area contributed by atoms with Gasteiger partial charge in [-0.25, -0.2) is 4.79 Å². The van der Waals surface area contributed by atoms with E-state index in [0.717, 1.165) is 11.1 Å². The van der Waals surface area contributed by atoms with E-state index in [-0.39, 0.29) is 12.3 Å². The van der Waals surface area contributed by atoms with Crippen molar-refractivity contribution in [1.82, 2.24) is 0 Å². The van der Waals surface area contributed by atoms with Crippen molar-refractivity contribution >= 4 is 5.97 Å². The molecule has 1 N–H and O–H groups in total. The van der Waals surface area contributed by atoms with E-state index in [0.29, 0.717) is 18.1 Å². The van der Waals surface area contributed by atoms with Gasteiger partial charge in [0, 0.05) is 6.42 Å². The molecule has 0 amide bonds. The molecule has 24 heavy (non-hydrogen) atoms. The van der Waals surface area contributed by atoms with Gasteiger partial charge in [-0.05, 0) is 36.1 Å². The Morgan fingerprint density at radius 2 is 1.67 bits per heavy atom. The van der Waals surface area contributed by atoms with E-state index in [1.54, 1.807) is 0 Å². The molecule has 4 heteroatoms. The van der Waals surface area contributed by atoms with Gasteiger partial charge in [0.15, 0.2) is 6.10 Å². The van der Waals surface area contributed by atoms with Crippen molar-refractivity contribution in [3.05, 3.63) is 59.7 Å². The Balaban J connectivity index is 2.24. The van der Waals surface area contributed by atoms with Crippen LogP contribution in [0.1, 0.15) is 37.8 Å². The molecule has 0 saturated carbocycles. The molecule has 0 aromatic heterocycles. The lowest BCUT2D eigenvalue weighted by atomic mass is 10.0. The molecule has 0 aliphatic heterocycles. The lowest BCUT2D eigenvalue weighted by molar-refractivity contribution is -0.145. The van der Waals surface area contributed by atoms with E-state index in [9.17, 15) is 9.90 Å². The number of carboxylic acids is 1. The maximum absolute atomic E-state index is 11.7. The normalized spacial score (nSPS) is 12.0. The van der Waals surface area contributed by atoms with Crippen LogP contribution in [0.2, 0.25) is 0 Å². The monoisotopic (exact) mass is 328 g/mol. The maximum Gasteiger partial charge on any atom is 0.345 e. The fourth-order valence-corrected chi connectivity index (χ4v) is 2.57. The third-order valence-electron chi connectivity index (χ3n) is 3.76. The molecular formula is C20H24O4. The van der Waals surface area contributed by atoms with Crippen molar-refractivity contribution in [2.24, 2.45) is 0 Å². The summed E-state index contributed by atoms with van der Waals surface area (Å²) in [6.07, 6.45) is -0.718. The van der Waals surface area contributed by atoms with Gasteiger partial charge < -0.3 is 14.6 Å². The van der Waals surface area contributed by atoms with Gasteiger partial charge in [0.05, 0.1) is 6.61 Å². The summed E-state index contributed by atoms with van der Waals surface area (Å²) in [5.74, 6) is 0.590. The summed E-state index contributed by atoms with van der Waals surface area (Å²) in [5, 5.41) is 9.58. The quantitative estimate of drug-likeness (QED) is 0.785. The first-order valence-corrected chi connectivity index (χ1v) is 8.22. The van der Waals surface area contributed by atoms with Crippen molar-refractivity contribution in [2.75, 3.05) is 6.61 Å². The average molecular weight is 328 g/mol. The summed E-state index contributed by atoms with van der Waals surface area (Å²) in [7, 11) is 0. The molecule has 0 saturated heterocycles. The summed E-state index contributed by atoms with van der Waals surface area (Å²) >= 11 is 0. The molecule has 128 valence electrons. The van der Waals surface area contributed by atoms with Crippen LogP contribution in [-0.2, 0) is 11.2 Å². The number of hydrogen-bond acceptors (Lipinski definition) is 3. The number of carboxylic acid groups (broad SMARTS) is 1. The molecule has 1 atom stereocenters. The molecule has 0 heterocycles. The smallest absolute Gasteiger partial charge is 0.345 e. The van der Waals surface area contributed by atoms with Crippen LogP contribution >= 0.6 is 0 Å². The fourth-order valence-electron chi connectivity index (χ4n) is 2.57. The highest BCUT2D eigenvalue weighted by Gasteiger charge is 2.23. The van der Waals surface area contributed by atoms with Gasteiger partial charge in [-0.2, -0.15) is 0 Å². The Morgan fingerprint density at radius 1 is 1.04 bits per heavy atom. The number of hydrogen-bond donors (Lipinski definition) is 1. The zero-order valence-electron chi connectivity index (χ0n) is 14.4. The number of para-hydroxylation sites is 2. The summed E-state index contributed by atoms with van der Waals surface area (Å²) in [5.41, 5.74) is 1.83. The number of rotatable bonds is 8. The third kappa shape index (κ3) is 4.51. The van der Waals surface area contributed by atoms with Crippen LogP contribution in [0.25, 0.3) is 0 Å². The number of carbonyl (C=O) groups is 1. The minimum absolute atomic E-state index is 0.248. The van der Waals surface area contributed by atoms with Crippen LogP contribution in [-0.4, -0.2) is 23.8 Å². The van der Waals surface area contributed by atoms with E-state index >= 15 is 0 Å². The van der Waals surface area contributed by atoms with E-state index in [1.165, 1.54) is 0 Å². The first-order valence-electron chi connectivity index (χ1n) is 8.22. The molecule has 0 fully saturated rings. The Kier molecular flexibility index (Phi) is 6.24. The molecule has 2 aromatic rings. The minimum Gasteiger partial charge on any atom is -0.494 e. The number of aliphatic carboxylic acids is 1. The van der Waals surface area contributed by atoms with Crippen LogP contribution in [0.15, 0.2) is 48.5 Å². The van der Waals surface area contributed by atoms with Crippen molar-refractivity contribution in [2.45, 2.75) is 39.2 Å². The predicted molar refractivity (Wildman–Crippen MR) is 93.9 cm³/mol. The zero-order valence-corrected chi connectivity index (χ0v) is 14.4. The van der Waals surface area contributed by atoms with Gasteiger partial charge in [0.2, 0.25) is 0 Å². The molecule has 0 aliphatic carbocycles. The van der Waals surface area contributed by atoms with E-state index in [4.69, 9.17) is 9.47 Å². The van der Waals surface area contributed by atoms with Crippen molar-refractivity contribution in [1.29, 1.82) is 0 Å². The van der Waals surface area contributed by atoms with Gasteiger partial charge >= 0.3 is 5.97 Å². The van der Waals surface area contributed by atoms with E-state index in [2.05, 4.69) is 13.8 Å². The zero-order chi connectivity index (χ0) is 17.5.